The largest absolute Gasteiger partial charge is 0.0908 e. The predicted octanol–water partition coefficient (Wildman–Crippen LogP) is 3.86. The van der Waals surface area contributed by atoms with Crippen molar-refractivity contribution in [2.24, 2.45) is 0 Å². The second kappa shape index (κ2) is 4.70. The van der Waals surface area contributed by atoms with E-state index in [0.29, 0.717) is 4.36 Å². The van der Waals surface area contributed by atoms with E-state index in [1.807, 2.05) is 24.3 Å². The Morgan fingerprint density at radius 1 is 1.55 bits per heavy atom. The Hall–Kier alpha value is -0.110. The zero-order valence-corrected chi connectivity index (χ0v) is 7.88. The lowest BCUT2D eigenvalue weighted by Gasteiger charge is -1.95. The van der Waals surface area contributed by atoms with Gasteiger partial charge in [0.2, 0.25) is 0 Å². The fourth-order valence-electron chi connectivity index (χ4n) is 0.568. The Bertz CT molecular complexity index is 244. The Balaban J connectivity index is 2.65. The van der Waals surface area contributed by atoms with Gasteiger partial charge in [-0.1, -0.05) is 53.2 Å². The van der Waals surface area contributed by atoms with Crippen molar-refractivity contribution in [2.45, 2.75) is 4.90 Å². The third-order valence-electron chi connectivity index (χ3n) is 0.974. The highest BCUT2D eigenvalue weighted by Crippen LogP contribution is 2.28. The molecule has 0 unspecified atom stereocenters. The third kappa shape index (κ3) is 3.19. The zero-order valence-electron chi connectivity index (χ0n) is 5.55. The van der Waals surface area contributed by atoms with E-state index in [2.05, 4.69) is 6.07 Å². The van der Waals surface area contributed by atoms with Crippen molar-refractivity contribution in [3.8, 4) is 0 Å². The minimum atomic E-state index is 0.550. The van der Waals surface area contributed by atoms with E-state index < -0.39 is 0 Å². The Labute approximate surface area is 80.2 Å². The Morgan fingerprint density at radius 3 is 2.91 bits per heavy atom. The summed E-state index contributed by atoms with van der Waals surface area (Å²) in [6.45, 7) is 0. The summed E-state index contributed by atoms with van der Waals surface area (Å²) < 4.78 is 0.550. The van der Waals surface area contributed by atoms with Gasteiger partial charge in [0.1, 0.15) is 0 Å². The molecule has 0 aliphatic heterocycles. The number of rotatable bonds is 2. The van der Waals surface area contributed by atoms with Gasteiger partial charge >= 0.3 is 0 Å². The molecule has 1 aromatic rings. The van der Waals surface area contributed by atoms with E-state index in [0.717, 1.165) is 4.90 Å². The van der Waals surface area contributed by atoms with Gasteiger partial charge in [-0.3, -0.25) is 0 Å². The number of thioether (sulfide) groups is 1. The SMILES string of the molecule is ClC=C(Cl)Sc1[c]cccc1. The standard InChI is InChI=1S/C8H5Cl2S/c9-6-8(10)11-7-4-2-1-3-5-7/h1-4,6H. The molecule has 0 nitrogen and oxygen atoms in total. The van der Waals surface area contributed by atoms with E-state index >= 15 is 0 Å². The van der Waals surface area contributed by atoms with Gasteiger partial charge in [-0.25, -0.2) is 0 Å². The van der Waals surface area contributed by atoms with Crippen molar-refractivity contribution in [1.82, 2.24) is 0 Å². The molecule has 57 valence electrons. The quantitative estimate of drug-likeness (QED) is 0.659. The van der Waals surface area contributed by atoms with Crippen LogP contribution in [0.1, 0.15) is 0 Å². The Morgan fingerprint density at radius 2 is 2.36 bits per heavy atom. The smallest absolute Gasteiger partial charge is 0.0895 e. The van der Waals surface area contributed by atoms with Crippen molar-refractivity contribution in [3.05, 3.63) is 40.2 Å². The lowest BCUT2D eigenvalue weighted by molar-refractivity contribution is 1.45. The molecule has 3 heteroatoms. The molecule has 0 heterocycles. The van der Waals surface area contributed by atoms with Crippen LogP contribution in [-0.4, -0.2) is 0 Å². The molecule has 0 aliphatic rings. The fraction of sp³-hybridized carbons (Fsp3) is 0. The first-order valence-electron chi connectivity index (χ1n) is 2.93. The molecule has 0 N–H and O–H groups in total. The van der Waals surface area contributed by atoms with Crippen LogP contribution in [0.4, 0.5) is 0 Å². The molecule has 1 aromatic carbocycles. The van der Waals surface area contributed by atoms with Gasteiger partial charge < -0.3 is 0 Å². The number of benzene rings is 1. The van der Waals surface area contributed by atoms with Crippen LogP contribution in [0.5, 0.6) is 0 Å². The number of hydrogen-bond donors (Lipinski definition) is 0. The van der Waals surface area contributed by atoms with Gasteiger partial charge in [-0.15, -0.1) is 0 Å². The maximum atomic E-state index is 5.67. The molecular formula is C8H5Cl2S. The van der Waals surface area contributed by atoms with Crippen molar-refractivity contribution in [3.63, 3.8) is 0 Å². The van der Waals surface area contributed by atoms with Crippen molar-refractivity contribution in [2.75, 3.05) is 0 Å². The van der Waals surface area contributed by atoms with Gasteiger partial charge in [0.15, 0.2) is 0 Å². The molecule has 0 atom stereocenters. The fourth-order valence-corrected chi connectivity index (χ4v) is 1.48. The van der Waals surface area contributed by atoms with Gasteiger partial charge in [0.25, 0.3) is 0 Å². The minimum Gasteiger partial charge on any atom is -0.0908 e. The van der Waals surface area contributed by atoms with Gasteiger partial charge in [0, 0.05) is 10.4 Å². The van der Waals surface area contributed by atoms with Crippen LogP contribution in [0.2, 0.25) is 0 Å². The summed E-state index contributed by atoms with van der Waals surface area (Å²) in [5.74, 6) is 0. The summed E-state index contributed by atoms with van der Waals surface area (Å²) >= 11 is 12.4. The number of hydrogen-bond acceptors (Lipinski definition) is 1. The molecule has 0 aliphatic carbocycles. The molecule has 0 saturated heterocycles. The summed E-state index contributed by atoms with van der Waals surface area (Å²) in [7, 11) is 0. The summed E-state index contributed by atoms with van der Waals surface area (Å²) in [6, 6.07) is 10.6. The average Bonchev–Trinajstić information content (AvgIpc) is 2.06. The van der Waals surface area contributed by atoms with E-state index in [1.165, 1.54) is 17.3 Å². The Kier molecular flexibility index (Phi) is 3.84. The van der Waals surface area contributed by atoms with E-state index in [4.69, 9.17) is 23.2 Å². The molecule has 0 amide bonds. The van der Waals surface area contributed by atoms with Crippen LogP contribution in [-0.2, 0) is 0 Å². The second-order valence-electron chi connectivity index (χ2n) is 1.74. The first-order valence-corrected chi connectivity index (χ1v) is 4.56. The zero-order chi connectivity index (χ0) is 8.10. The van der Waals surface area contributed by atoms with Crippen molar-refractivity contribution >= 4 is 35.0 Å². The van der Waals surface area contributed by atoms with Crippen LogP contribution >= 0.6 is 35.0 Å². The molecule has 1 rings (SSSR count). The normalized spacial score (nSPS) is 11.6. The molecular weight excluding hydrogens is 199 g/mol. The summed E-state index contributed by atoms with van der Waals surface area (Å²) in [5.41, 5.74) is 1.34. The molecule has 1 radical (unpaired) electrons. The molecule has 0 aromatic heterocycles. The highest BCUT2D eigenvalue weighted by atomic mass is 35.5. The monoisotopic (exact) mass is 203 g/mol. The maximum absolute atomic E-state index is 5.67. The molecule has 0 spiro atoms. The molecule has 0 bridgehead atoms. The number of halogens is 2. The molecule has 0 saturated carbocycles. The first-order chi connectivity index (χ1) is 5.33. The van der Waals surface area contributed by atoms with Crippen LogP contribution in [0.3, 0.4) is 0 Å². The summed E-state index contributed by atoms with van der Waals surface area (Å²) in [6.07, 6.45) is 0. The topological polar surface area (TPSA) is 0 Å². The van der Waals surface area contributed by atoms with E-state index in [-0.39, 0.29) is 0 Å². The van der Waals surface area contributed by atoms with Crippen LogP contribution in [0.25, 0.3) is 0 Å². The summed E-state index contributed by atoms with van der Waals surface area (Å²) in [5, 5.41) is 0. The van der Waals surface area contributed by atoms with Crippen molar-refractivity contribution in [1.29, 1.82) is 0 Å². The van der Waals surface area contributed by atoms with Gasteiger partial charge in [0.05, 0.1) is 4.36 Å². The maximum Gasteiger partial charge on any atom is 0.0895 e. The highest BCUT2D eigenvalue weighted by Gasteiger charge is 1.94. The minimum absolute atomic E-state index is 0.550. The molecule has 11 heavy (non-hydrogen) atoms. The third-order valence-corrected chi connectivity index (χ3v) is 2.56. The van der Waals surface area contributed by atoms with Crippen LogP contribution in [0.15, 0.2) is 39.1 Å². The predicted molar refractivity (Wildman–Crippen MR) is 50.9 cm³/mol. The van der Waals surface area contributed by atoms with Crippen LogP contribution < -0.4 is 0 Å². The highest BCUT2D eigenvalue weighted by molar-refractivity contribution is 8.04. The second-order valence-corrected chi connectivity index (χ2v) is 3.68. The van der Waals surface area contributed by atoms with Crippen LogP contribution in [0, 0.1) is 6.07 Å². The van der Waals surface area contributed by atoms with Gasteiger partial charge in [-0.2, -0.15) is 0 Å². The first kappa shape index (κ1) is 8.98. The summed E-state index contributed by atoms with van der Waals surface area (Å²) in [4.78, 5) is 0.967. The van der Waals surface area contributed by atoms with E-state index in [1.54, 1.807) is 0 Å². The van der Waals surface area contributed by atoms with Gasteiger partial charge in [-0.05, 0) is 12.1 Å². The van der Waals surface area contributed by atoms with E-state index in [9.17, 15) is 0 Å². The lowest BCUT2D eigenvalue weighted by atomic mass is 10.4. The average molecular weight is 204 g/mol. The van der Waals surface area contributed by atoms with Crippen molar-refractivity contribution < 1.29 is 0 Å². The molecule has 0 fully saturated rings. The lowest BCUT2D eigenvalue weighted by Crippen LogP contribution is -1.67.